The summed E-state index contributed by atoms with van der Waals surface area (Å²) in [6, 6.07) is 4.90. The van der Waals surface area contributed by atoms with Gasteiger partial charge in [-0.1, -0.05) is 22.9 Å². The van der Waals surface area contributed by atoms with Gasteiger partial charge in [-0.3, -0.25) is 0 Å². The zero-order valence-corrected chi connectivity index (χ0v) is 14.3. The van der Waals surface area contributed by atoms with Crippen molar-refractivity contribution in [1.82, 2.24) is 14.6 Å². The molecule has 0 atom stereocenters. The predicted molar refractivity (Wildman–Crippen MR) is 93.2 cm³/mol. The highest BCUT2D eigenvalue weighted by atomic mass is 35.5. The first-order chi connectivity index (χ1) is 11.6. The summed E-state index contributed by atoms with van der Waals surface area (Å²) < 4.78 is 15.0. The molecule has 0 amide bonds. The number of aliphatic hydroxyl groups excluding tert-OH is 1. The van der Waals surface area contributed by atoms with Gasteiger partial charge in [0.15, 0.2) is 0 Å². The summed E-state index contributed by atoms with van der Waals surface area (Å²) in [6.45, 7) is 0. The van der Waals surface area contributed by atoms with Crippen LogP contribution in [-0.2, 0) is 0 Å². The lowest BCUT2D eigenvalue weighted by molar-refractivity contribution is 0.126. The van der Waals surface area contributed by atoms with Gasteiger partial charge in [-0.15, -0.1) is 5.10 Å². The Balaban J connectivity index is 1.53. The van der Waals surface area contributed by atoms with Crippen LogP contribution in [0.4, 0.5) is 9.52 Å². The van der Waals surface area contributed by atoms with Gasteiger partial charge in [0.25, 0.3) is 0 Å². The zero-order chi connectivity index (χ0) is 16.7. The second-order valence-corrected chi connectivity index (χ2v) is 7.40. The van der Waals surface area contributed by atoms with Crippen LogP contribution in [0.1, 0.15) is 25.7 Å². The molecule has 0 bridgehead atoms. The minimum absolute atomic E-state index is 0.0821. The number of anilines is 1. The van der Waals surface area contributed by atoms with Gasteiger partial charge < -0.3 is 10.4 Å². The van der Waals surface area contributed by atoms with Crippen LogP contribution >= 0.6 is 22.9 Å². The summed E-state index contributed by atoms with van der Waals surface area (Å²) in [4.78, 5) is 5.30. The Hall–Kier alpha value is -1.70. The van der Waals surface area contributed by atoms with E-state index in [1.807, 2.05) is 6.20 Å². The molecule has 2 aromatic heterocycles. The Labute approximate surface area is 147 Å². The van der Waals surface area contributed by atoms with Gasteiger partial charge in [-0.25, -0.2) is 13.9 Å². The van der Waals surface area contributed by atoms with Crippen LogP contribution in [0, 0.1) is 5.82 Å². The molecule has 1 aliphatic carbocycles. The Morgan fingerprint density at radius 2 is 2.08 bits per heavy atom. The first kappa shape index (κ1) is 15.8. The van der Waals surface area contributed by atoms with Crippen LogP contribution in [0.2, 0.25) is 5.02 Å². The molecule has 0 unspecified atom stereocenters. The van der Waals surface area contributed by atoms with Crippen molar-refractivity contribution in [1.29, 1.82) is 0 Å². The van der Waals surface area contributed by atoms with Gasteiger partial charge in [0.05, 0.1) is 23.0 Å². The molecule has 0 spiro atoms. The number of imidazole rings is 1. The molecule has 1 aromatic carbocycles. The Bertz CT molecular complexity index is 841. The van der Waals surface area contributed by atoms with Gasteiger partial charge in [0.1, 0.15) is 5.82 Å². The van der Waals surface area contributed by atoms with Crippen LogP contribution in [0.15, 0.2) is 24.4 Å². The van der Waals surface area contributed by atoms with Crippen LogP contribution in [-0.4, -0.2) is 31.9 Å². The molecule has 8 heteroatoms. The van der Waals surface area contributed by atoms with Crippen LogP contribution in [0.5, 0.6) is 0 Å². The maximum Gasteiger partial charge on any atom is 0.214 e. The number of fused-ring (bicyclic) bond motifs is 1. The highest BCUT2D eigenvalue weighted by molar-refractivity contribution is 7.20. The fraction of sp³-hybridized carbons (Fsp3) is 0.375. The normalized spacial score (nSPS) is 21.3. The highest BCUT2D eigenvalue weighted by Gasteiger charge is 2.20. The lowest BCUT2D eigenvalue weighted by Crippen LogP contribution is -2.28. The van der Waals surface area contributed by atoms with Gasteiger partial charge in [0, 0.05) is 11.6 Å². The van der Waals surface area contributed by atoms with Crippen molar-refractivity contribution in [2.75, 3.05) is 5.32 Å². The number of halogens is 2. The van der Waals surface area contributed by atoms with E-state index in [4.69, 9.17) is 11.6 Å². The predicted octanol–water partition coefficient (Wildman–Crippen LogP) is 3.97. The number of aliphatic hydroxyl groups is 1. The molecular formula is C16H16ClFN4OS. The van der Waals surface area contributed by atoms with Crippen LogP contribution < -0.4 is 5.32 Å². The molecule has 1 aliphatic rings. The summed E-state index contributed by atoms with van der Waals surface area (Å²) in [7, 11) is 0. The molecule has 5 nitrogen and oxygen atoms in total. The topological polar surface area (TPSA) is 62.5 Å². The van der Waals surface area contributed by atoms with E-state index in [9.17, 15) is 9.50 Å². The molecule has 0 radical (unpaired) electrons. The van der Waals surface area contributed by atoms with E-state index in [-0.39, 0.29) is 11.1 Å². The third kappa shape index (κ3) is 3.11. The highest BCUT2D eigenvalue weighted by Crippen LogP contribution is 2.29. The average molecular weight is 367 g/mol. The summed E-state index contributed by atoms with van der Waals surface area (Å²) in [5, 5.41) is 18.4. The van der Waals surface area contributed by atoms with Crippen LogP contribution in [0.25, 0.3) is 16.2 Å². The lowest BCUT2D eigenvalue weighted by Gasteiger charge is -2.25. The SMILES string of the molecule is OC1CCC(Nc2nn3cc(-c4ccc(F)c(Cl)c4)nc3s2)CC1. The summed E-state index contributed by atoms with van der Waals surface area (Å²) in [5.41, 5.74) is 1.47. The summed E-state index contributed by atoms with van der Waals surface area (Å²) in [6.07, 6.45) is 5.20. The molecule has 3 aromatic rings. The van der Waals surface area contributed by atoms with Crippen molar-refractivity contribution in [3.05, 3.63) is 35.2 Å². The number of nitrogens with one attached hydrogen (secondary N) is 1. The molecule has 0 aliphatic heterocycles. The van der Waals surface area contributed by atoms with Crippen molar-refractivity contribution >= 4 is 33.0 Å². The molecule has 2 N–H and O–H groups in total. The molecule has 0 saturated heterocycles. The third-order valence-electron chi connectivity index (χ3n) is 4.28. The van der Waals surface area contributed by atoms with Gasteiger partial charge in [-0.2, -0.15) is 0 Å². The second-order valence-electron chi connectivity index (χ2n) is 6.04. The number of nitrogens with zero attached hydrogens (tertiary/aromatic N) is 3. The molecule has 24 heavy (non-hydrogen) atoms. The maximum atomic E-state index is 13.3. The van der Waals surface area contributed by atoms with E-state index >= 15 is 0 Å². The van der Waals surface area contributed by atoms with E-state index in [1.165, 1.54) is 17.4 Å². The van der Waals surface area contributed by atoms with E-state index in [0.717, 1.165) is 41.3 Å². The van der Waals surface area contributed by atoms with Crippen molar-refractivity contribution in [2.45, 2.75) is 37.8 Å². The second kappa shape index (κ2) is 6.31. The van der Waals surface area contributed by atoms with Gasteiger partial charge >= 0.3 is 0 Å². The van der Waals surface area contributed by atoms with Crippen molar-refractivity contribution in [3.8, 4) is 11.3 Å². The minimum Gasteiger partial charge on any atom is -0.393 e. The maximum absolute atomic E-state index is 13.3. The fourth-order valence-electron chi connectivity index (χ4n) is 2.95. The zero-order valence-electron chi connectivity index (χ0n) is 12.7. The first-order valence-electron chi connectivity index (χ1n) is 7.85. The Morgan fingerprint density at radius 1 is 1.29 bits per heavy atom. The standard InChI is InChI=1S/C16H16ClFN4OS/c17-12-7-9(1-6-13(12)18)14-8-22-16(20-14)24-15(21-22)19-10-2-4-11(23)5-3-10/h1,6-8,10-11,23H,2-5H2,(H,19,21). The Kier molecular flexibility index (Phi) is 4.15. The van der Waals surface area contributed by atoms with Gasteiger partial charge in [0.2, 0.25) is 10.1 Å². The van der Waals surface area contributed by atoms with E-state index < -0.39 is 5.82 Å². The first-order valence-corrected chi connectivity index (χ1v) is 9.04. The lowest BCUT2D eigenvalue weighted by atomic mass is 9.93. The average Bonchev–Trinajstić information content (AvgIpc) is 3.10. The smallest absolute Gasteiger partial charge is 0.214 e. The van der Waals surface area contributed by atoms with Crippen LogP contribution in [0.3, 0.4) is 0 Å². The number of hydrogen-bond donors (Lipinski definition) is 2. The largest absolute Gasteiger partial charge is 0.393 e. The van der Waals surface area contributed by atoms with E-state index in [1.54, 1.807) is 16.6 Å². The molecule has 1 saturated carbocycles. The number of aromatic nitrogens is 3. The quantitative estimate of drug-likeness (QED) is 0.736. The third-order valence-corrected chi connectivity index (χ3v) is 5.43. The molecule has 126 valence electrons. The minimum atomic E-state index is -0.441. The molecule has 4 rings (SSSR count). The summed E-state index contributed by atoms with van der Waals surface area (Å²) >= 11 is 7.30. The van der Waals surface area contributed by atoms with Gasteiger partial charge in [-0.05, 0) is 43.9 Å². The molecule has 1 fully saturated rings. The number of hydrogen-bond acceptors (Lipinski definition) is 5. The fourth-order valence-corrected chi connectivity index (χ4v) is 3.99. The number of rotatable bonds is 3. The Morgan fingerprint density at radius 3 is 2.79 bits per heavy atom. The van der Waals surface area contributed by atoms with Crippen molar-refractivity contribution < 1.29 is 9.50 Å². The van der Waals surface area contributed by atoms with Crippen molar-refractivity contribution in [2.24, 2.45) is 0 Å². The van der Waals surface area contributed by atoms with Crippen molar-refractivity contribution in [3.63, 3.8) is 0 Å². The van der Waals surface area contributed by atoms with E-state index in [2.05, 4.69) is 15.4 Å². The molecular weight excluding hydrogens is 351 g/mol. The number of benzene rings is 1. The van der Waals surface area contributed by atoms with E-state index in [0.29, 0.717) is 11.7 Å². The monoisotopic (exact) mass is 366 g/mol. The summed E-state index contributed by atoms with van der Waals surface area (Å²) in [5.74, 6) is -0.441. The molecule has 2 heterocycles.